The maximum atomic E-state index is 10.4. The second-order valence-corrected chi connectivity index (χ2v) is 5.95. The van der Waals surface area contributed by atoms with Crippen molar-refractivity contribution in [3.63, 3.8) is 0 Å². The molecule has 0 amide bonds. The molecule has 0 radical (unpaired) electrons. The number of unbranched alkanes of at least 4 members (excludes halogenated alkanes) is 7. The van der Waals surface area contributed by atoms with Crippen LogP contribution >= 0.6 is 0 Å². The summed E-state index contributed by atoms with van der Waals surface area (Å²) in [6, 6.07) is 0. The molecule has 0 heterocycles. The van der Waals surface area contributed by atoms with Crippen molar-refractivity contribution in [2.45, 2.75) is 83.7 Å². The largest absolute Gasteiger partial charge is 0.481 e. The Hall–Kier alpha value is -1.35. The number of carbonyl (C=O) groups is 1. The molecule has 0 rings (SSSR count). The summed E-state index contributed by atoms with van der Waals surface area (Å²) in [7, 11) is 0. The molecule has 132 valence electrons. The number of hydrogen-bond donors (Lipinski definition) is 2. The van der Waals surface area contributed by atoms with E-state index in [4.69, 9.17) is 5.11 Å². The van der Waals surface area contributed by atoms with Crippen LogP contribution in [0.25, 0.3) is 0 Å². The van der Waals surface area contributed by atoms with E-state index < -0.39 is 5.97 Å². The highest BCUT2D eigenvalue weighted by Crippen LogP contribution is 2.11. The minimum Gasteiger partial charge on any atom is -0.481 e. The minimum absolute atomic E-state index is 0.301. The summed E-state index contributed by atoms with van der Waals surface area (Å²) in [4.78, 5) is 10.4. The van der Waals surface area contributed by atoms with E-state index in [0.29, 0.717) is 6.42 Å². The van der Waals surface area contributed by atoms with Gasteiger partial charge in [0.15, 0.2) is 0 Å². The Morgan fingerprint density at radius 2 is 1.52 bits per heavy atom. The highest BCUT2D eigenvalue weighted by atomic mass is 16.4. The van der Waals surface area contributed by atoms with E-state index in [1.807, 2.05) is 31.2 Å². The van der Waals surface area contributed by atoms with E-state index in [1.54, 1.807) is 0 Å². The van der Waals surface area contributed by atoms with Gasteiger partial charge in [0.25, 0.3) is 0 Å². The molecule has 3 heteroatoms. The normalized spacial score (nSPS) is 13.5. The first-order valence-corrected chi connectivity index (χ1v) is 9.01. The molecule has 0 aromatic heterocycles. The van der Waals surface area contributed by atoms with E-state index in [1.165, 1.54) is 19.3 Å². The van der Waals surface area contributed by atoms with E-state index in [-0.39, 0.29) is 6.10 Å². The monoisotopic (exact) mass is 322 g/mol. The summed E-state index contributed by atoms with van der Waals surface area (Å²) >= 11 is 0. The minimum atomic E-state index is -0.689. The Bertz CT molecular complexity index is 356. The van der Waals surface area contributed by atoms with Gasteiger partial charge in [0, 0.05) is 6.42 Å². The molecule has 0 spiro atoms. The lowest BCUT2D eigenvalue weighted by Gasteiger charge is -2.05. The molecule has 1 atom stereocenters. The average molecular weight is 322 g/mol. The molecule has 0 fully saturated rings. The van der Waals surface area contributed by atoms with E-state index in [2.05, 4.69) is 12.2 Å². The van der Waals surface area contributed by atoms with Crippen molar-refractivity contribution in [2.75, 3.05) is 0 Å². The number of aliphatic carboxylic acids is 1. The van der Waals surface area contributed by atoms with Gasteiger partial charge in [0.05, 0.1) is 6.10 Å². The lowest BCUT2D eigenvalue weighted by Crippen LogP contribution is -2.01. The van der Waals surface area contributed by atoms with Crippen LogP contribution < -0.4 is 0 Å². The summed E-state index contributed by atoms with van der Waals surface area (Å²) in [5.74, 6) is -0.689. The van der Waals surface area contributed by atoms with Crippen molar-refractivity contribution in [2.24, 2.45) is 0 Å². The van der Waals surface area contributed by atoms with E-state index in [9.17, 15) is 9.90 Å². The Labute approximate surface area is 141 Å². The first-order valence-electron chi connectivity index (χ1n) is 9.01. The molecule has 23 heavy (non-hydrogen) atoms. The smallest absolute Gasteiger partial charge is 0.303 e. The second kappa shape index (κ2) is 17.0. The van der Waals surface area contributed by atoms with Gasteiger partial charge >= 0.3 is 5.97 Å². The van der Waals surface area contributed by atoms with Gasteiger partial charge in [0.1, 0.15) is 0 Å². The van der Waals surface area contributed by atoms with Gasteiger partial charge in [-0.15, -0.1) is 0 Å². The molecule has 0 aromatic carbocycles. The predicted octanol–water partition coefficient (Wildman–Crippen LogP) is 5.41. The quantitative estimate of drug-likeness (QED) is 0.241. The summed E-state index contributed by atoms with van der Waals surface area (Å²) in [6.07, 6.45) is 22.5. The fraction of sp³-hybridized carbons (Fsp3) is 0.650. The third-order valence-corrected chi connectivity index (χ3v) is 3.73. The fourth-order valence-corrected chi connectivity index (χ4v) is 2.35. The standard InChI is InChI=1S/C20H34O3/c1-2-3-4-5-10-13-16-19(21)17-14-11-8-6-7-9-12-15-18-20(22)23/h2-3,5,10,13,16,19,21H,4,6-9,11-12,14-15,17-18H2,1H3,(H,22,23). The number of carboxylic acids is 1. The van der Waals surface area contributed by atoms with Crippen LogP contribution in [0.1, 0.15) is 77.6 Å². The van der Waals surface area contributed by atoms with E-state index in [0.717, 1.165) is 44.9 Å². The maximum absolute atomic E-state index is 10.4. The van der Waals surface area contributed by atoms with Crippen LogP contribution in [0.3, 0.4) is 0 Å². The van der Waals surface area contributed by atoms with Crippen molar-refractivity contribution in [3.8, 4) is 0 Å². The Morgan fingerprint density at radius 3 is 2.13 bits per heavy atom. The molecule has 0 saturated carbocycles. The summed E-state index contributed by atoms with van der Waals surface area (Å²) in [5.41, 5.74) is 0. The maximum Gasteiger partial charge on any atom is 0.303 e. The highest BCUT2D eigenvalue weighted by Gasteiger charge is 1.99. The Morgan fingerprint density at radius 1 is 0.913 bits per heavy atom. The van der Waals surface area contributed by atoms with Gasteiger partial charge in [0.2, 0.25) is 0 Å². The highest BCUT2D eigenvalue weighted by molar-refractivity contribution is 5.66. The zero-order valence-corrected chi connectivity index (χ0v) is 14.6. The number of carboxylic acid groups (broad SMARTS) is 1. The molecule has 0 aliphatic carbocycles. The van der Waals surface area contributed by atoms with Gasteiger partial charge in [-0.2, -0.15) is 0 Å². The zero-order chi connectivity index (χ0) is 17.2. The Balaban J connectivity index is 3.35. The molecular formula is C20H34O3. The lowest BCUT2D eigenvalue weighted by atomic mass is 10.0. The van der Waals surface area contributed by atoms with Gasteiger partial charge in [-0.1, -0.05) is 81.4 Å². The first kappa shape index (κ1) is 21.6. The molecule has 3 nitrogen and oxygen atoms in total. The Kier molecular flexibility index (Phi) is 16.0. The van der Waals surface area contributed by atoms with E-state index >= 15 is 0 Å². The molecular weight excluding hydrogens is 288 g/mol. The number of allylic oxidation sites excluding steroid dienone is 5. The van der Waals surface area contributed by atoms with Crippen molar-refractivity contribution in [1.82, 2.24) is 0 Å². The zero-order valence-electron chi connectivity index (χ0n) is 14.6. The van der Waals surface area contributed by atoms with Crippen molar-refractivity contribution in [1.29, 1.82) is 0 Å². The van der Waals surface area contributed by atoms with Crippen molar-refractivity contribution in [3.05, 3.63) is 36.5 Å². The van der Waals surface area contributed by atoms with Crippen LogP contribution in [-0.4, -0.2) is 22.3 Å². The van der Waals surface area contributed by atoms with Crippen LogP contribution in [0.5, 0.6) is 0 Å². The van der Waals surface area contributed by atoms with Gasteiger partial charge in [-0.25, -0.2) is 0 Å². The van der Waals surface area contributed by atoms with Crippen LogP contribution in [0.15, 0.2) is 36.5 Å². The first-order chi connectivity index (χ1) is 11.2. The van der Waals surface area contributed by atoms with Crippen LogP contribution in [0.2, 0.25) is 0 Å². The topological polar surface area (TPSA) is 57.5 Å². The molecule has 0 aliphatic heterocycles. The molecule has 0 aromatic rings. The van der Waals surface area contributed by atoms with Crippen molar-refractivity contribution < 1.29 is 15.0 Å². The second-order valence-electron chi connectivity index (χ2n) is 5.95. The number of aliphatic hydroxyl groups excluding tert-OH is 1. The third-order valence-electron chi connectivity index (χ3n) is 3.73. The van der Waals surface area contributed by atoms with Gasteiger partial charge in [-0.3, -0.25) is 4.79 Å². The number of rotatable bonds is 15. The third kappa shape index (κ3) is 18.6. The SMILES string of the molecule is CC=CCC=CC=CC(O)CCCCCCCCCCC(=O)O. The van der Waals surface area contributed by atoms with Gasteiger partial charge < -0.3 is 10.2 Å². The number of aliphatic hydroxyl groups is 1. The van der Waals surface area contributed by atoms with Crippen LogP contribution in [-0.2, 0) is 4.79 Å². The van der Waals surface area contributed by atoms with Crippen LogP contribution in [0, 0.1) is 0 Å². The molecule has 2 N–H and O–H groups in total. The van der Waals surface area contributed by atoms with Gasteiger partial charge in [-0.05, 0) is 26.2 Å². The average Bonchev–Trinajstić information content (AvgIpc) is 2.52. The molecule has 0 saturated heterocycles. The predicted molar refractivity (Wildman–Crippen MR) is 97.5 cm³/mol. The van der Waals surface area contributed by atoms with Crippen molar-refractivity contribution >= 4 is 5.97 Å². The summed E-state index contributed by atoms with van der Waals surface area (Å²) < 4.78 is 0. The summed E-state index contributed by atoms with van der Waals surface area (Å²) in [5, 5.41) is 18.3. The fourth-order valence-electron chi connectivity index (χ4n) is 2.35. The molecule has 1 unspecified atom stereocenters. The molecule has 0 bridgehead atoms. The van der Waals surface area contributed by atoms with Crippen LogP contribution in [0.4, 0.5) is 0 Å². The summed E-state index contributed by atoms with van der Waals surface area (Å²) in [6.45, 7) is 2.01. The lowest BCUT2D eigenvalue weighted by molar-refractivity contribution is -0.137. The number of hydrogen-bond acceptors (Lipinski definition) is 2. The molecule has 0 aliphatic rings.